The Balaban J connectivity index is 1.56. The largest absolute Gasteiger partial charge is 0.299 e. The number of ketones is 3. The van der Waals surface area contributed by atoms with Gasteiger partial charge < -0.3 is 0 Å². The number of carbonyl (C=O) groups excluding carboxylic acids is 3. The number of hydrogen-bond acceptors (Lipinski definition) is 3. The Labute approximate surface area is 253 Å². The van der Waals surface area contributed by atoms with E-state index in [0.29, 0.717) is 25.7 Å². The molecule has 42 heavy (non-hydrogen) atoms. The van der Waals surface area contributed by atoms with Crippen molar-refractivity contribution in [1.82, 2.24) is 0 Å². The summed E-state index contributed by atoms with van der Waals surface area (Å²) < 4.78 is 0. The van der Waals surface area contributed by atoms with E-state index in [0.717, 1.165) is 35.1 Å². The average molecular weight is 565 g/mol. The summed E-state index contributed by atoms with van der Waals surface area (Å²) in [6.07, 6.45) is 3.72. The molecule has 4 unspecified atom stereocenters. The summed E-state index contributed by atoms with van der Waals surface area (Å²) in [5, 5.41) is 0. The molecule has 0 heterocycles. The Hall–Kier alpha value is -3.33. The molecule has 1 fully saturated rings. The lowest BCUT2D eigenvalue weighted by molar-refractivity contribution is -0.136. The van der Waals surface area contributed by atoms with Crippen LogP contribution in [-0.4, -0.2) is 17.3 Å². The Morgan fingerprint density at radius 1 is 0.857 bits per heavy atom. The highest BCUT2D eigenvalue weighted by atomic mass is 16.1. The van der Waals surface area contributed by atoms with E-state index in [9.17, 15) is 14.4 Å². The van der Waals surface area contributed by atoms with Crippen LogP contribution in [0.4, 0.5) is 0 Å². The maximum atomic E-state index is 14.3. The van der Waals surface area contributed by atoms with Crippen molar-refractivity contribution in [2.24, 2.45) is 29.1 Å². The lowest BCUT2D eigenvalue weighted by Crippen LogP contribution is -2.38. The Bertz CT molecular complexity index is 1410. The summed E-state index contributed by atoms with van der Waals surface area (Å²) >= 11 is 0. The van der Waals surface area contributed by atoms with Gasteiger partial charge >= 0.3 is 0 Å². The molecule has 0 aliphatic heterocycles. The molecule has 3 aromatic rings. The fourth-order valence-electron chi connectivity index (χ4n) is 7.31. The number of carbonyl (C=O) groups is 3. The molecule has 1 aliphatic carbocycles. The zero-order valence-corrected chi connectivity index (χ0v) is 26.6. The van der Waals surface area contributed by atoms with Gasteiger partial charge in [0.2, 0.25) is 0 Å². The molecule has 1 aliphatic rings. The SMILES string of the molecule is Cc1cc(C)cc(CCC(=O)C2C(C(=O)C(C)C(CC(=O)c3cccc(C)c3C)Cc3ccccc3)CCC2(C)C)c1. The molecule has 3 nitrogen and oxygen atoms in total. The normalized spacial score (nSPS) is 19.3. The molecule has 0 N–H and O–H groups in total. The van der Waals surface area contributed by atoms with Crippen LogP contribution >= 0.6 is 0 Å². The first-order valence-corrected chi connectivity index (χ1v) is 15.6. The third-order valence-corrected chi connectivity index (χ3v) is 9.85. The number of Topliss-reactive ketones (excluding diaryl/α,β-unsaturated/α-hetero) is 3. The molecule has 222 valence electrons. The highest BCUT2D eigenvalue weighted by molar-refractivity contribution is 5.98. The summed E-state index contributed by atoms with van der Waals surface area (Å²) in [7, 11) is 0. The lowest BCUT2D eigenvalue weighted by Gasteiger charge is -2.32. The Morgan fingerprint density at radius 3 is 2.19 bits per heavy atom. The molecule has 0 saturated heterocycles. The van der Waals surface area contributed by atoms with Gasteiger partial charge in [-0.15, -0.1) is 0 Å². The minimum absolute atomic E-state index is 0.0876. The minimum Gasteiger partial charge on any atom is -0.299 e. The van der Waals surface area contributed by atoms with Gasteiger partial charge in [-0.25, -0.2) is 0 Å². The first-order valence-electron chi connectivity index (χ1n) is 15.6. The van der Waals surface area contributed by atoms with Crippen LogP contribution in [0.2, 0.25) is 0 Å². The smallest absolute Gasteiger partial charge is 0.163 e. The Morgan fingerprint density at radius 2 is 1.52 bits per heavy atom. The summed E-state index contributed by atoms with van der Waals surface area (Å²) in [5.74, 6) is -0.603. The first-order chi connectivity index (χ1) is 19.9. The van der Waals surface area contributed by atoms with Gasteiger partial charge in [0.05, 0.1) is 0 Å². The summed E-state index contributed by atoms with van der Waals surface area (Å²) in [5.41, 5.74) is 7.36. The van der Waals surface area contributed by atoms with Crippen molar-refractivity contribution < 1.29 is 14.4 Å². The highest BCUT2D eigenvalue weighted by Crippen LogP contribution is 2.49. The second kappa shape index (κ2) is 13.3. The fourth-order valence-corrected chi connectivity index (χ4v) is 7.31. The van der Waals surface area contributed by atoms with Crippen LogP contribution in [0.1, 0.15) is 90.2 Å². The molecule has 0 aromatic heterocycles. The van der Waals surface area contributed by atoms with E-state index >= 15 is 0 Å². The standard InChI is InChI=1S/C39H48O3/c1-25-20-26(2)22-31(21-25)16-17-35(40)37-34(18-19-39(37,6)7)38(42)29(5)32(23-30-13-9-8-10-14-30)24-36(41)33-15-11-12-27(3)28(33)4/h8-15,20-22,29,32,34,37H,16-19,23-24H2,1-7H3. The van der Waals surface area contributed by atoms with Crippen LogP contribution < -0.4 is 0 Å². The first kappa shape index (κ1) is 31.6. The fraction of sp³-hybridized carbons (Fsp3) is 0.462. The third-order valence-electron chi connectivity index (χ3n) is 9.85. The highest BCUT2D eigenvalue weighted by Gasteiger charge is 2.49. The second-order valence-corrected chi connectivity index (χ2v) is 13.6. The molecule has 1 saturated carbocycles. The van der Waals surface area contributed by atoms with Crippen molar-refractivity contribution in [2.75, 3.05) is 0 Å². The van der Waals surface area contributed by atoms with E-state index in [2.05, 4.69) is 58.0 Å². The maximum Gasteiger partial charge on any atom is 0.163 e. The maximum absolute atomic E-state index is 14.3. The topological polar surface area (TPSA) is 51.2 Å². The van der Waals surface area contributed by atoms with Crippen molar-refractivity contribution in [3.63, 3.8) is 0 Å². The second-order valence-electron chi connectivity index (χ2n) is 13.6. The molecule has 0 bridgehead atoms. The number of benzene rings is 3. The van der Waals surface area contributed by atoms with Gasteiger partial charge in [-0.2, -0.15) is 0 Å². The van der Waals surface area contributed by atoms with Crippen molar-refractivity contribution in [3.8, 4) is 0 Å². The molecule has 3 aromatic carbocycles. The quantitative estimate of drug-likeness (QED) is 0.207. The van der Waals surface area contributed by atoms with E-state index in [-0.39, 0.29) is 46.4 Å². The van der Waals surface area contributed by atoms with E-state index in [1.165, 1.54) is 16.7 Å². The van der Waals surface area contributed by atoms with Crippen LogP contribution in [0.5, 0.6) is 0 Å². The minimum atomic E-state index is -0.326. The van der Waals surface area contributed by atoms with E-state index < -0.39 is 0 Å². The number of hydrogen-bond donors (Lipinski definition) is 0. The van der Waals surface area contributed by atoms with Gasteiger partial charge in [-0.05, 0) is 87.0 Å². The van der Waals surface area contributed by atoms with E-state index in [1.54, 1.807) is 0 Å². The monoisotopic (exact) mass is 564 g/mol. The van der Waals surface area contributed by atoms with Crippen LogP contribution in [-0.2, 0) is 22.4 Å². The molecule has 0 amide bonds. The third kappa shape index (κ3) is 7.35. The van der Waals surface area contributed by atoms with Crippen molar-refractivity contribution in [3.05, 3.63) is 106 Å². The molecule has 4 rings (SSSR count). The average Bonchev–Trinajstić information content (AvgIpc) is 3.26. The number of rotatable bonds is 12. The van der Waals surface area contributed by atoms with Crippen LogP contribution in [0.25, 0.3) is 0 Å². The molecule has 3 heteroatoms. The number of aryl methyl sites for hydroxylation is 4. The van der Waals surface area contributed by atoms with Crippen LogP contribution in [0.3, 0.4) is 0 Å². The van der Waals surface area contributed by atoms with Crippen molar-refractivity contribution in [2.45, 2.75) is 87.0 Å². The molecular formula is C39H48O3. The van der Waals surface area contributed by atoms with Crippen LogP contribution in [0.15, 0.2) is 66.7 Å². The zero-order chi connectivity index (χ0) is 30.6. The molecule has 0 spiro atoms. The predicted octanol–water partition coefficient (Wildman–Crippen LogP) is 8.81. The van der Waals surface area contributed by atoms with Gasteiger partial charge in [-0.1, -0.05) is 98.6 Å². The summed E-state index contributed by atoms with van der Waals surface area (Å²) in [6, 6.07) is 22.5. The van der Waals surface area contributed by atoms with Crippen LogP contribution in [0, 0.1) is 56.8 Å². The Kier molecular flexibility index (Phi) is 10.0. The molecule has 0 radical (unpaired) electrons. The molecule has 4 atom stereocenters. The van der Waals surface area contributed by atoms with Gasteiger partial charge in [0.25, 0.3) is 0 Å². The summed E-state index contributed by atoms with van der Waals surface area (Å²) in [6.45, 7) is 14.5. The summed E-state index contributed by atoms with van der Waals surface area (Å²) in [4.78, 5) is 41.8. The predicted molar refractivity (Wildman–Crippen MR) is 172 cm³/mol. The van der Waals surface area contributed by atoms with Crippen molar-refractivity contribution >= 4 is 17.3 Å². The van der Waals surface area contributed by atoms with Crippen molar-refractivity contribution in [1.29, 1.82) is 0 Å². The van der Waals surface area contributed by atoms with Gasteiger partial charge in [-0.3, -0.25) is 14.4 Å². The van der Waals surface area contributed by atoms with E-state index in [1.807, 2.05) is 57.2 Å². The molecular weight excluding hydrogens is 516 g/mol. The zero-order valence-electron chi connectivity index (χ0n) is 26.6. The van der Waals surface area contributed by atoms with E-state index in [4.69, 9.17) is 0 Å². The lowest BCUT2D eigenvalue weighted by atomic mass is 9.70. The van der Waals surface area contributed by atoms with Gasteiger partial charge in [0.1, 0.15) is 11.6 Å². The van der Waals surface area contributed by atoms with Gasteiger partial charge in [0, 0.05) is 36.2 Å². The van der Waals surface area contributed by atoms with Gasteiger partial charge in [0.15, 0.2) is 5.78 Å².